The van der Waals surface area contributed by atoms with Crippen LogP contribution in [0.2, 0.25) is 5.28 Å². The van der Waals surface area contributed by atoms with Gasteiger partial charge in [-0.3, -0.25) is 14.5 Å². The first-order chi connectivity index (χ1) is 14.3. The third-order valence-corrected chi connectivity index (χ3v) is 6.45. The van der Waals surface area contributed by atoms with Crippen molar-refractivity contribution in [1.82, 2.24) is 19.4 Å². The fraction of sp³-hybridized carbons (Fsp3) is 0.619. The zero-order chi connectivity index (χ0) is 21.3. The molecule has 8 nitrogen and oxygen atoms in total. The molecule has 0 spiro atoms. The highest BCUT2D eigenvalue weighted by Crippen LogP contribution is 2.32. The zero-order valence-electron chi connectivity index (χ0n) is 17.3. The van der Waals surface area contributed by atoms with Gasteiger partial charge in [-0.15, -0.1) is 0 Å². The van der Waals surface area contributed by atoms with E-state index >= 15 is 0 Å². The Morgan fingerprint density at radius 2 is 2.03 bits per heavy atom. The lowest BCUT2D eigenvalue weighted by Crippen LogP contribution is -2.45. The molecular weight excluding hydrogens is 406 g/mol. The maximum absolute atomic E-state index is 10.9. The van der Waals surface area contributed by atoms with Crippen LogP contribution in [0, 0.1) is 10.1 Å². The van der Waals surface area contributed by atoms with E-state index in [4.69, 9.17) is 16.6 Å². The van der Waals surface area contributed by atoms with Gasteiger partial charge in [-0.2, -0.15) is 0 Å². The summed E-state index contributed by atoms with van der Waals surface area (Å²) >= 11 is 6.00. The van der Waals surface area contributed by atoms with E-state index in [1.54, 1.807) is 6.92 Å². The van der Waals surface area contributed by atoms with Crippen molar-refractivity contribution in [2.45, 2.75) is 70.1 Å². The Bertz CT molecular complexity index is 923. The van der Waals surface area contributed by atoms with Crippen LogP contribution in [0.1, 0.15) is 61.9 Å². The summed E-state index contributed by atoms with van der Waals surface area (Å²) in [6.45, 7) is 3.84. The van der Waals surface area contributed by atoms with E-state index in [1.165, 1.54) is 59.8 Å². The highest BCUT2D eigenvalue weighted by molar-refractivity contribution is 6.28. The van der Waals surface area contributed by atoms with Crippen LogP contribution < -0.4 is 0 Å². The first-order valence-electron chi connectivity index (χ1n) is 10.6. The van der Waals surface area contributed by atoms with E-state index < -0.39 is 10.5 Å². The standard InChI is InChI=1S/C21H28ClN5O3/c1-21(28,14-26-12-19(27(29)30)24-20(26)22)13-25-10-9-18-16(11-25)7-8-17(23-18)15-5-3-2-4-6-15/h7-8,12,15,28H,2-6,9-11,13-14H2,1H3/t21-/m1/s1. The average Bonchev–Trinajstić information content (AvgIpc) is 3.08. The lowest BCUT2D eigenvalue weighted by atomic mass is 9.86. The first-order valence-corrected chi connectivity index (χ1v) is 11.0. The molecule has 1 saturated carbocycles. The Morgan fingerprint density at radius 3 is 2.73 bits per heavy atom. The van der Waals surface area contributed by atoms with Gasteiger partial charge >= 0.3 is 11.1 Å². The summed E-state index contributed by atoms with van der Waals surface area (Å²) in [7, 11) is 0. The molecule has 1 aliphatic carbocycles. The van der Waals surface area contributed by atoms with Crippen LogP contribution >= 0.6 is 11.6 Å². The maximum Gasteiger partial charge on any atom is 0.383 e. The molecule has 0 unspecified atom stereocenters. The topological polar surface area (TPSA) is 97.3 Å². The monoisotopic (exact) mass is 433 g/mol. The Balaban J connectivity index is 1.40. The van der Waals surface area contributed by atoms with Crippen LogP contribution in [0.5, 0.6) is 0 Å². The second-order valence-electron chi connectivity index (χ2n) is 8.89. The summed E-state index contributed by atoms with van der Waals surface area (Å²) in [6.07, 6.45) is 8.56. The van der Waals surface area contributed by atoms with E-state index in [0.29, 0.717) is 12.5 Å². The number of imidazole rings is 1. The lowest BCUT2D eigenvalue weighted by Gasteiger charge is -2.35. The molecule has 0 bridgehead atoms. The quantitative estimate of drug-likeness (QED) is 0.551. The number of hydrogen-bond acceptors (Lipinski definition) is 6. The van der Waals surface area contributed by atoms with Crippen molar-refractivity contribution >= 4 is 17.4 Å². The summed E-state index contributed by atoms with van der Waals surface area (Å²) in [6, 6.07) is 4.38. The molecule has 2 aliphatic rings. The molecule has 162 valence electrons. The number of nitrogens with zero attached hydrogens (tertiary/aromatic N) is 5. The lowest BCUT2D eigenvalue weighted by molar-refractivity contribution is -0.389. The van der Waals surface area contributed by atoms with Gasteiger partial charge in [0, 0.05) is 43.4 Å². The van der Waals surface area contributed by atoms with E-state index in [2.05, 4.69) is 22.0 Å². The van der Waals surface area contributed by atoms with Crippen LogP contribution in [0.4, 0.5) is 5.82 Å². The SMILES string of the molecule is C[C@@](O)(CN1CCc2nc(C3CCCCC3)ccc2C1)Cn1cc([N+](=O)[O-])nc1Cl. The molecule has 30 heavy (non-hydrogen) atoms. The van der Waals surface area contributed by atoms with Gasteiger partial charge in [0.1, 0.15) is 6.20 Å². The molecule has 2 aromatic rings. The normalized spacial score (nSPS) is 20.0. The molecule has 0 radical (unpaired) electrons. The molecule has 9 heteroatoms. The van der Waals surface area contributed by atoms with E-state index in [1.807, 2.05) is 0 Å². The number of aromatic nitrogens is 3. The summed E-state index contributed by atoms with van der Waals surface area (Å²) in [5, 5.41) is 21.8. The predicted octanol–water partition coefficient (Wildman–Crippen LogP) is 3.70. The zero-order valence-corrected chi connectivity index (χ0v) is 18.0. The maximum atomic E-state index is 10.9. The fourth-order valence-electron chi connectivity index (χ4n) is 4.73. The summed E-state index contributed by atoms with van der Waals surface area (Å²) in [5.74, 6) is 0.286. The molecule has 3 heterocycles. The highest BCUT2D eigenvalue weighted by atomic mass is 35.5. The Hall–Kier alpha value is -2.03. The number of halogens is 1. The molecule has 1 atom stereocenters. The van der Waals surface area contributed by atoms with Crippen molar-refractivity contribution in [3.63, 3.8) is 0 Å². The largest absolute Gasteiger partial charge is 0.387 e. The molecule has 1 fully saturated rings. The number of aliphatic hydroxyl groups is 1. The number of β-amino-alcohol motifs (C(OH)–C–C–N with tert-alkyl or cyclic N) is 1. The Morgan fingerprint density at radius 1 is 1.27 bits per heavy atom. The molecule has 1 N–H and O–H groups in total. The van der Waals surface area contributed by atoms with Gasteiger partial charge in [-0.25, -0.2) is 0 Å². The van der Waals surface area contributed by atoms with Crippen LogP contribution in [0.15, 0.2) is 18.3 Å². The van der Waals surface area contributed by atoms with E-state index in [0.717, 1.165) is 19.5 Å². The minimum atomic E-state index is -1.11. The first kappa shape index (κ1) is 21.2. The molecule has 0 aromatic carbocycles. The Kier molecular flexibility index (Phi) is 6.09. The summed E-state index contributed by atoms with van der Waals surface area (Å²) < 4.78 is 1.43. The van der Waals surface area contributed by atoms with Crippen molar-refractivity contribution in [2.24, 2.45) is 0 Å². The van der Waals surface area contributed by atoms with E-state index in [9.17, 15) is 15.2 Å². The van der Waals surface area contributed by atoms with Crippen LogP contribution in [0.25, 0.3) is 0 Å². The van der Waals surface area contributed by atoms with Gasteiger partial charge in [0.25, 0.3) is 0 Å². The third kappa shape index (κ3) is 4.82. The van der Waals surface area contributed by atoms with Gasteiger partial charge < -0.3 is 15.2 Å². The second kappa shape index (κ2) is 8.61. The van der Waals surface area contributed by atoms with Crippen molar-refractivity contribution in [1.29, 1.82) is 0 Å². The fourth-order valence-corrected chi connectivity index (χ4v) is 4.93. The third-order valence-electron chi connectivity index (χ3n) is 6.15. The van der Waals surface area contributed by atoms with Crippen LogP contribution in [-0.2, 0) is 19.5 Å². The van der Waals surface area contributed by atoms with Gasteiger partial charge in [0.2, 0.25) is 0 Å². The predicted molar refractivity (Wildman–Crippen MR) is 114 cm³/mol. The van der Waals surface area contributed by atoms with Crippen LogP contribution in [-0.4, -0.2) is 48.2 Å². The number of fused-ring (bicyclic) bond motifs is 1. The van der Waals surface area contributed by atoms with E-state index in [-0.39, 0.29) is 17.6 Å². The minimum Gasteiger partial charge on any atom is -0.387 e. The minimum absolute atomic E-state index is 0.00501. The smallest absolute Gasteiger partial charge is 0.383 e. The summed E-state index contributed by atoms with van der Waals surface area (Å²) in [5.41, 5.74) is 2.53. The molecule has 2 aromatic heterocycles. The van der Waals surface area contributed by atoms with Gasteiger partial charge in [-0.1, -0.05) is 25.3 Å². The molecule has 0 amide bonds. The number of nitro groups is 1. The number of rotatable bonds is 6. The van der Waals surface area contributed by atoms with Gasteiger partial charge in [0.05, 0.1) is 12.1 Å². The molecule has 1 aliphatic heterocycles. The number of hydrogen-bond donors (Lipinski definition) is 1. The van der Waals surface area contributed by atoms with Crippen molar-refractivity contribution < 1.29 is 10.0 Å². The van der Waals surface area contributed by atoms with Crippen LogP contribution in [0.3, 0.4) is 0 Å². The number of pyridine rings is 1. The van der Waals surface area contributed by atoms with Crippen molar-refractivity contribution in [2.75, 3.05) is 13.1 Å². The average molecular weight is 434 g/mol. The van der Waals surface area contributed by atoms with Gasteiger partial charge in [-0.05, 0) is 52.9 Å². The second-order valence-corrected chi connectivity index (χ2v) is 9.23. The molecular formula is C21H28ClN5O3. The molecule has 4 rings (SSSR count). The highest BCUT2D eigenvalue weighted by Gasteiger charge is 2.30. The Labute approximate surface area is 181 Å². The van der Waals surface area contributed by atoms with Crippen molar-refractivity contribution in [3.8, 4) is 0 Å². The molecule has 0 saturated heterocycles. The summed E-state index contributed by atoms with van der Waals surface area (Å²) in [4.78, 5) is 21.2. The van der Waals surface area contributed by atoms with Crippen molar-refractivity contribution in [3.05, 3.63) is 50.7 Å². The van der Waals surface area contributed by atoms with Gasteiger partial charge in [0.15, 0.2) is 0 Å².